The van der Waals surface area contributed by atoms with Crippen molar-refractivity contribution in [3.8, 4) is 5.75 Å². The summed E-state index contributed by atoms with van der Waals surface area (Å²) >= 11 is 0. The first-order chi connectivity index (χ1) is 15.1. The van der Waals surface area contributed by atoms with E-state index in [0.29, 0.717) is 18.7 Å². The molecule has 1 aromatic carbocycles. The van der Waals surface area contributed by atoms with Crippen molar-refractivity contribution in [1.29, 1.82) is 0 Å². The molecule has 2 aliphatic rings. The van der Waals surface area contributed by atoms with Crippen molar-refractivity contribution in [3.63, 3.8) is 0 Å². The number of para-hydroxylation sites is 2. The maximum absolute atomic E-state index is 13.1. The van der Waals surface area contributed by atoms with Gasteiger partial charge in [0.1, 0.15) is 5.75 Å². The van der Waals surface area contributed by atoms with Crippen molar-refractivity contribution >= 4 is 17.5 Å². The van der Waals surface area contributed by atoms with Crippen molar-refractivity contribution in [2.45, 2.75) is 52.1 Å². The van der Waals surface area contributed by atoms with Crippen molar-refractivity contribution < 1.29 is 19.1 Å². The molecule has 1 fully saturated rings. The van der Waals surface area contributed by atoms with E-state index in [-0.39, 0.29) is 11.8 Å². The van der Waals surface area contributed by atoms with Crippen LogP contribution in [-0.4, -0.2) is 80.2 Å². The molecule has 172 valence electrons. The van der Waals surface area contributed by atoms with Gasteiger partial charge in [0.2, 0.25) is 5.91 Å². The molecule has 2 aliphatic heterocycles. The fourth-order valence-electron chi connectivity index (χ4n) is 4.13. The molecule has 1 unspecified atom stereocenters. The molecule has 0 aromatic heterocycles. The van der Waals surface area contributed by atoms with E-state index in [2.05, 4.69) is 11.8 Å². The van der Waals surface area contributed by atoms with Gasteiger partial charge in [-0.1, -0.05) is 38.3 Å². The minimum absolute atomic E-state index is 0.0886. The van der Waals surface area contributed by atoms with Gasteiger partial charge in [0.15, 0.2) is 6.10 Å². The quantitative estimate of drug-likeness (QED) is 0.504. The largest absolute Gasteiger partial charge is 0.479 e. The molecule has 1 atom stereocenters. The van der Waals surface area contributed by atoms with Crippen molar-refractivity contribution in [2.24, 2.45) is 0 Å². The number of morpholine rings is 1. The summed E-state index contributed by atoms with van der Waals surface area (Å²) < 4.78 is 11.1. The fraction of sp³-hybridized carbons (Fsp3) is 0.667. The second kappa shape index (κ2) is 12.1. The Bertz CT molecular complexity index is 721. The summed E-state index contributed by atoms with van der Waals surface area (Å²) in [5.41, 5.74) is 0.751. The molecule has 2 amide bonds. The van der Waals surface area contributed by atoms with E-state index < -0.39 is 6.10 Å². The van der Waals surface area contributed by atoms with E-state index in [1.807, 2.05) is 29.2 Å². The van der Waals surface area contributed by atoms with Gasteiger partial charge < -0.3 is 19.3 Å². The highest BCUT2D eigenvalue weighted by molar-refractivity contribution is 6.00. The number of carbonyl (C=O) groups excluding carboxylic acids is 2. The molecular formula is C24H37N3O4. The van der Waals surface area contributed by atoms with Gasteiger partial charge in [-0.3, -0.25) is 14.5 Å². The summed E-state index contributed by atoms with van der Waals surface area (Å²) in [4.78, 5) is 31.9. The molecule has 0 saturated carbocycles. The topological polar surface area (TPSA) is 62.3 Å². The van der Waals surface area contributed by atoms with Gasteiger partial charge in [-0.2, -0.15) is 0 Å². The number of unbranched alkanes of at least 4 members (excludes halogenated alkanes) is 3. The SMILES string of the molecule is CCCCCCN(CCN1CCOCC1)C(=O)CCN1C(=O)C(C)Oc2ccccc21. The first kappa shape index (κ1) is 23.5. The molecule has 2 heterocycles. The van der Waals surface area contributed by atoms with Crippen LogP contribution in [0.1, 0.15) is 46.0 Å². The number of carbonyl (C=O) groups is 2. The number of hydrogen-bond donors (Lipinski definition) is 0. The van der Waals surface area contributed by atoms with Crippen LogP contribution >= 0.6 is 0 Å². The maximum Gasteiger partial charge on any atom is 0.267 e. The van der Waals surface area contributed by atoms with Gasteiger partial charge in [-0.25, -0.2) is 0 Å². The van der Waals surface area contributed by atoms with Crippen LogP contribution in [0.4, 0.5) is 5.69 Å². The minimum atomic E-state index is -0.531. The fourth-order valence-corrected chi connectivity index (χ4v) is 4.13. The molecule has 0 bridgehead atoms. The van der Waals surface area contributed by atoms with Crippen LogP contribution in [0.25, 0.3) is 0 Å². The molecule has 0 aliphatic carbocycles. The van der Waals surface area contributed by atoms with Crippen molar-refractivity contribution in [2.75, 3.05) is 57.4 Å². The smallest absolute Gasteiger partial charge is 0.267 e. The van der Waals surface area contributed by atoms with Crippen LogP contribution in [0.5, 0.6) is 5.75 Å². The summed E-state index contributed by atoms with van der Waals surface area (Å²) in [5, 5.41) is 0. The van der Waals surface area contributed by atoms with Gasteiger partial charge >= 0.3 is 0 Å². The van der Waals surface area contributed by atoms with Crippen LogP contribution in [-0.2, 0) is 14.3 Å². The van der Waals surface area contributed by atoms with Gasteiger partial charge in [0, 0.05) is 45.7 Å². The molecule has 7 heteroatoms. The summed E-state index contributed by atoms with van der Waals surface area (Å²) in [7, 11) is 0. The average molecular weight is 432 g/mol. The van der Waals surface area contributed by atoms with Crippen LogP contribution in [0.2, 0.25) is 0 Å². The predicted molar refractivity (Wildman–Crippen MR) is 121 cm³/mol. The van der Waals surface area contributed by atoms with Crippen LogP contribution in [0, 0.1) is 0 Å². The second-order valence-electron chi connectivity index (χ2n) is 8.36. The lowest BCUT2D eigenvalue weighted by molar-refractivity contribution is -0.131. The van der Waals surface area contributed by atoms with E-state index >= 15 is 0 Å². The Hall–Kier alpha value is -2.12. The van der Waals surface area contributed by atoms with Gasteiger partial charge in [-0.15, -0.1) is 0 Å². The number of fused-ring (bicyclic) bond motifs is 1. The lowest BCUT2D eigenvalue weighted by Gasteiger charge is -2.34. The number of benzene rings is 1. The average Bonchev–Trinajstić information content (AvgIpc) is 2.79. The van der Waals surface area contributed by atoms with E-state index in [4.69, 9.17) is 9.47 Å². The van der Waals surface area contributed by atoms with Crippen LogP contribution in [0.15, 0.2) is 24.3 Å². The molecule has 7 nitrogen and oxygen atoms in total. The Kier molecular flexibility index (Phi) is 9.15. The number of nitrogens with zero attached hydrogens (tertiary/aromatic N) is 3. The zero-order valence-electron chi connectivity index (χ0n) is 19.1. The Morgan fingerprint density at radius 3 is 2.65 bits per heavy atom. The Balaban J connectivity index is 1.58. The third-order valence-electron chi connectivity index (χ3n) is 6.05. The lowest BCUT2D eigenvalue weighted by atomic mass is 10.1. The molecule has 31 heavy (non-hydrogen) atoms. The molecule has 0 spiro atoms. The zero-order chi connectivity index (χ0) is 22.1. The normalized spacial score (nSPS) is 19.1. The highest BCUT2D eigenvalue weighted by atomic mass is 16.5. The van der Waals surface area contributed by atoms with E-state index in [9.17, 15) is 9.59 Å². The molecule has 1 aromatic rings. The monoisotopic (exact) mass is 431 g/mol. The van der Waals surface area contributed by atoms with Crippen LogP contribution < -0.4 is 9.64 Å². The van der Waals surface area contributed by atoms with Crippen molar-refractivity contribution in [1.82, 2.24) is 9.80 Å². The van der Waals surface area contributed by atoms with E-state index in [1.165, 1.54) is 12.8 Å². The summed E-state index contributed by atoms with van der Waals surface area (Å²) in [6.45, 7) is 10.1. The number of hydrogen-bond acceptors (Lipinski definition) is 5. The summed E-state index contributed by atoms with van der Waals surface area (Å²) in [6.07, 6.45) is 4.34. The highest BCUT2D eigenvalue weighted by Gasteiger charge is 2.31. The second-order valence-corrected chi connectivity index (χ2v) is 8.36. The maximum atomic E-state index is 13.1. The first-order valence-corrected chi connectivity index (χ1v) is 11.7. The Morgan fingerprint density at radius 1 is 1.10 bits per heavy atom. The third kappa shape index (κ3) is 6.68. The predicted octanol–water partition coefficient (Wildman–Crippen LogP) is 2.93. The summed E-state index contributed by atoms with van der Waals surface area (Å²) in [5.74, 6) is 0.731. The number of anilines is 1. The van der Waals surface area contributed by atoms with Gasteiger partial charge in [0.05, 0.1) is 18.9 Å². The summed E-state index contributed by atoms with van der Waals surface area (Å²) in [6, 6.07) is 7.54. The Morgan fingerprint density at radius 2 is 1.87 bits per heavy atom. The van der Waals surface area contributed by atoms with Gasteiger partial charge in [-0.05, 0) is 25.5 Å². The molecule has 3 rings (SSSR count). The minimum Gasteiger partial charge on any atom is -0.479 e. The highest BCUT2D eigenvalue weighted by Crippen LogP contribution is 2.33. The first-order valence-electron chi connectivity index (χ1n) is 11.7. The molecular weight excluding hydrogens is 394 g/mol. The Labute approximate surface area is 186 Å². The van der Waals surface area contributed by atoms with E-state index in [1.54, 1.807) is 11.8 Å². The number of ether oxygens (including phenoxy) is 2. The standard InChI is InChI=1S/C24H37N3O4/c1-3-4-5-8-12-26(15-14-25-16-18-30-19-17-25)23(28)11-13-27-21-9-6-7-10-22(21)31-20(2)24(27)29/h6-7,9-10,20H,3-5,8,11-19H2,1-2H3. The lowest BCUT2D eigenvalue weighted by Crippen LogP contribution is -2.47. The number of amides is 2. The third-order valence-corrected chi connectivity index (χ3v) is 6.05. The molecule has 0 N–H and O–H groups in total. The molecule has 1 saturated heterocycles. The van der Waals surface area contributed by atoms with Gasteiger partial charge in [0.25, 0.3) is 5.91 Å². The van der Waals surface area contributed by atoms with Crippen molar-refractivity contribution in [3.05, 3.63) is 24.3 Å². The van der Waals surface area contributed by atoms with E-state index in [0.717, 1.165) is 64.5 Å². The van der Waals surface area contributed by atoms with Crippen LogP contribution in [0.3, 0.4) is 0 Å². The number of rotatable bonds is 11. The zero-order valence-corrected chi connectivity index (χ0v) is 19.1. The molecule has 0 radical (unpaired) electrons.